The van der Waals surface area contributed by atoms with Crippen molar-refractivity contribution in [3.05, 3.63) is 42.1 Å². The first-order valence-electron chi connectivity index (χ1n) is 5.59. The van der Waals surface area contributed by atoms with Gasteiger partial charge >= 0.3 is 0 Å². The van der Waals surface area contributed by atoms with E-state index in [0.29, 0.717) is 0 Å². The molecule has 1 aromatic heterocycles. The number of hydrogen-bond acceptors (Lipinski definition) is 2. The third-order valence-electron chi connectivity index (χ3n) is 3.44. The van der Waals surface area contributed by atoms with Crippen molar-refractivity contribution in [2.45, 2.75) is 19.8 Å². The van der Waals surface area contributed by atoms with Gasteiger partial charge in [0.1, 0.15) is 0 Å². The predicted octanol–water partition coefficient (Wildman–Crippen LogP) is 3.22. The molecule has 0 spiro atoms. The molecule has 1 aromatic carbocycles. The highest BCUT2D eigenvalue weighted by atomic mass is 16.1. The van der Waals surface area contributed by atoms with Crippen molar-refractivity contribution in [2.24, 2.45) is 5.41 Å². The molecule has 0 saturated heterocycles. The SMILES string of the molecule is CC1(C(=O)c2cccc3ncccc23)CC1. The van der Waals surface area contributed by atoms with Crippen LogP contribution in [0.15, 0.2) is 36.5 Å². The molecule has 0 atom stereocenters. The highest BCUT2D eigenvalue weighted by molar-refractivity contribution is 6.10. The first-order chi connectivity index (χ1) is 7.71. The molecule has 1 heterocycles. The Kier molecular flexibility index (Phi) is 1.87. The van der Waals surface area contributed by atoms with Crippen LogP contribution in [0.2, 0.25) is 0 Å². The maximum atomic E-state index is 12.3. The summed E-state index contributed by atoms with van der Waals surface area (Å²) in [5, 5.41) is 0.975. The average molecular weight is 211 g/mol. The zero-order valence-electron chi connectivity index (χ0n) is 9.23. The topological polar surface area (TPSA) is 30.0 Å². The minimum Gasteiger partial charge on any atom is -0.294 e. The fraction of sp³-hybridized carbons (Fsp3) is 0.286. The number of Topliss-reactive ketones (excluding diaryl/α,β-unsaturated/α-hetero) is 1. The minimum atomic E-state index is -0.107. The standard InChI is InChI=1S/C14H13NO/c1-14(7-8-14)13(16)11-4-2-6-12-10(11)5-3-9-15-12/h2-6,9H,7-8H2,1H3. The first-order valence-corrected chi connectivity index (χ1v) is 5.59. The molecule has 0 aliphatic heterocycles. The lowest BCUT2D eigenvalue weighted by atomic mass is 9.94. The Hall–Kier alpha value is -1.70. The van der Waals surface area contributed by atoms with E-state index in [1.54, 1.807) is 6.20 Å². The number of ketones is 1. The highest BCUT2D eigenvalue weighted by Crippen LogP contribution is 2.48. The molecule has 80 valence electrons. The van der Waals surface area contributed by atoms with Gasteiger partial charge in [0.25, 0.3) is 0 Å². The molecule has 1 fully saturated rings. The first kappa shape index (κ1) is 9.52. The van der Waals surface area contributed by atoms with Gasteiger partial charge in [-0.2, -0.15) is 0 Å². The van der Waals surface area contributed by atoms with Crippen molar-refractivity contribution < 1.29 is 4.79 Å². The number of benzene rings is 1. The Morgan fingerprint density at radius 1 is 1.25 bits per heavy atom. The largest absolute Gasteiger partial charge is 0.294 e. The Morgan fingerprint density at radius 3 is 2.81 bits per heavy atom. The molecule has 16 heavy (non-hydrogen) atoms. The lowest BCUT2D eigenvalue weighted by molar-refractivity contribution is 0.0914. The fourth-order valence-electron chi connectivity index (χ4n) is 2.04. The number of hydrogen-bond donors (Lipinski definition) is 0. The van der Waals surface area contributed by atoms with Crippen LogP contribution in [0.1, 0.15) is 30.1 Å². The van der Waals surface area contributed by atoms with Gasteiger partial charge in [0.05, 0.1) is 5.52 Å². The molecule has 0 unspecified atom stereocenters. The molecule has 0 bridgehead atoms. The molecule has 1 aliphatic rings. The smallest absolute Gasteiger partial charge is 0.169 e. The van der Waals surface area contributed by atoms with Crippen LogP contribution in [0.4, 0.5) is 0 Å². The van der Waals surface area contributed by atoms with E-state index < -0.39 is 0 Å². The van der Waals surface area contributed by atoms with Crippen molar-refractivity contribution >= 4 is 16.7 Å². The van der Waals surface area contributed by atoms with Crippen molar-refractivity contribution in [2.75, 3.05) is 0 Å². The summed E-state index contributed by atoms with van der Waals surface area (Å²) in [6, 6.07) is 9.63. The minimum absolute atomic E-state index is 0.107. The van der Waals surface area contributed by atoms with E-state index in [9.17, 15) is 4.79 Å². The Morgan fingerprint density at radius 2 is 2.06 bits per heavy atom. The molecule has 0 N–H and O–H groups in total. The van der Waals surface area contributed by atoms with Crippen molar-refractivity contribution in [1.82, 2.24) is 4.98 Å². The second-order valence-corrected chi connectivity index (χ2v) is 4.77. The van der Waals surface area contributed by atoms with Crippen LogP contribution in [0.25, 0.3) is 10.9 Å². The van der Waals surface area contributed by atoms with Gasteiger partial charge in [-0.05, 0) is 25.0 Å². The Labute approximate surface area is 94.3 Å². The molecule has 0 amide bonds. The van der Waals surface area contributed by atoms with Crippen LogP contribution in [0, 0.1) is 5.41 Å². The average Bonchev–Trinajstić information content (AvgIpc) is 3.07. The van der Waals surface area contributed by atoms with Gasteiger partial charge in [0, 0.05) is 22.6 Å². The van der Waals surface area contributed by atoms with Gasteiger partial charge in [0.2, 0.25) is 0 Å². The fourth-order valence-corrected chi connectivity index (χ4v) is 2.04. The molecule has 2 nitrogen and oxygen atoms in total. The van der Waals surface area contributed by atoms with Gasteiger partial charge in [0.15, 0.2) is 5.78 Å². The van der Waals surface area contributed by atoms with Crippen LogP contribution >= 0.6 is 0 Å². The summed E-state index contributed by atoms with van der Waals surface area (Å²) in [4.78, 5) is 16.6. The van der Waals surface area contributed by atoms with Crippen molar-refractivity contribution in [1.29, 1.82) is 0 Å². The van der Waals surface area contributed by atoms with E-state index in [4.69, 9.17) is 0 Å². The van der Waals surface area contributed by atoms with Gasteiger partial charge in [-0.25, -0.2) is 0 Å². The maximum Gasteiger partial charge on any atom is 0.169 e. The van der Waals surface area contributed by atoms with E-state index in [-0.39, 0.29) is 11.2 Å². The number of nitrogens with zero attached hydrogens (tertiary/aromatic N) is 1. The number of fused-ring (bicyclic) bond motifs is 1. The highest BCUT2D eigenvalue weighted by Gasteiger charge is 2.45. The summed E-state index contributed by atoms with van der Waals surface area (Å²) in [6.45, 7) is 2.05. The van der Waals surface area contributed by atoms with Crippen LogP contribution in [0.5, 0.6) is 0 Å². The van der Waals surface area contributed by atoms with Gasteiger partial charge < -0.3 is 0 Å². The summed E-state index contributed by atoms with van der Waals surface area (Å²) < 4.78 is 0. The van der Waals surface area contributed by atoms with E-state index in [1.165, 1.54) is 0 Å². The quantitative estimate of drug-likeness (QED) is 0.714. The molecular weight excluding hydrogens is 198 g/mol. The summed E-state index contributed by atoms with van der Waals surface area (Å²) >= 11 is 0. The molecule has 2 aromatic rings. The van der Waals surface area contributed by atoms with Gasteiger partial charge in [-0.3, -0.25) is 9.78 Å². The van der Waals surface area contributed by atoms with Crippen molar-refractivity contribution in [3.63, 3.8) is 0 Å². The zero-order chi connectivity index (χ0) is 11.2. The number of carbonyl (C=O) groups is 1. The second kappa shape index (κ2) is 3.14. The molecule has 0 radical (unpaired) electrons. The van der Waals surface area contributed by atoms with E-state index in [0.717, 1.165) is 29.3 Å². The summed E-state index contributed by atoms with van der Waals surface area (Å²) in [7, 11) is 0. The van der Waals surface area contributed by atoms with Gasteiger partial charge in [-0.15, -0.1) is 0 Å². The maximum absolute atomic E-state index is 12.3. The van der Waals surface area contributed by atoms with Crippen LogP contribution in [-0.4, -0.2) is 10.8 Å². The normalized spacial score (nSPS) is 17.3. The predicted molar refractivity (Wildman–Crippen MR) is 63.4 cm³/mol. The Balaban J connectivity index is 2.20. The van der Waals surface area contributed by atoms with Crippen molar-refractivity contribution in [3.8, 4) is 0 Å². The monoisotopic (exact) mass is 211 g/mol. The molecule has 2 heteroatoms. The summed E-state index contributed by atoms with van der Waals surface area (Å²) in [5.74, 6) is 0.270. The van der Waals surface area contributed by atoms with E-state index in [2.05, 4.69) is 4.98 Å². The van der Waals surface area contributed by atoms with Crippen LogP contribution in [-0.2, 0) is 0 Å². The second-order valence-electron chi connectivity index (χ2n) is 4.77. The molecular formula is C14H13NO. The van der Waals surface area contributed by atoms with Crippen LogP contribution in [0.3, 0.4) is 0 Å². The summed E-state index contributed by atoms with van der Waals surface area (Å²) in [5.41, 5.74) is 1.62. The Bertz CT molecular complexity index is 564. The number of carbonyl (C=O) groups excluding carboxylic acids is 1. The van der Waals surface area contributed by atoms with Crippen LogP contribution < -0.4 is 0 Å². The molecule has 3 rings (SSSR count). The zero-order valence-corrected chi connectivity index (χ0v) is 9.23. The lowest BCUT2D eigenvalue weighted by Gasteiger charge is -2.09. The molecule has 1 aliphatic carbocycles. The summed E-state index contributed by atoms with van der Waals surface area (Å²) in [6.07, 6.45) is 3.79. The number of pyridine rings is 1. The van der Waals surface area contributed by atoms with Gasteiger partial charge in [-0.1, -0.05) is 25.1 Å². The van der Waals surface area contributed by atoms with E-state index in [1.807, 2.05) is 37.3 Å². The van der Waals surface area contributed by atoms with E-state index >= 15 is 0 Å². The lowest BCUT2D eigenvalue weighted by Crippen LogP contribution is -2.12. The number of aromatic nitrogens is 1. The number of rotatable bonds is 2. The third-order valence-corrected chi connectivity index (χ3v) is 3.44. The third kappa shape index (κ3) is 1.33. The molecule has 1 saturated carbocycles.